The molecule has 1 N–H and O–H groups in total. The summed E-state index contributed by atoms with van der Waals surface area (Å²) in [5, 5.41) is 0. The molecule has 1 atom stereocenters. The van der Waals surface area contributed by atoms with Crippen molar-refractivity contribution < 1.29 is 9.63 Å². The van der Waals surface area contributed by atoms with Crippen LogP contribution in [0, 0.1) is 0 Å². The van der Waals surface area contributed by atoms with Gasteiger partial charge in [-0.05, 0) is 33.1 Å². The van der Waals surface area contributed by atoms with Crippen molar-refractivity contribution in [3.8, 4) is 0 Å². The van der Waals surface area contributed by atoms with Gasteiger partial charge in [0.1, 0.15) is 6.04 Å². The van der Waals surface area contributed by atoms with Gasteiger partial charge in [0.05, 0.1) is 6.61 Å². The maximum atomic E-state index is 11.8. The fourth-order valence-electron chi connectivity index (χ4n) is 1.65. The van der Waals surface area contributed by atoms with E-state index in [1.807, 2.05) is 18.7 Å². The van der Waals surface area contributed by atoms with Gasteiger partial charge < -0.3 is 9.74 Å². The number of nitrogens with zero attached hydrogens (tertiary/aromatic N) is 1. The Morgan fingerprint density at radius 3 is 2.64 bits per heavy atom. The molecule has 1 saturated heterocycles. The third kappa shape index (κ3) is 3.27. The fourth-order valence-corrected chi connectivity index (χ4v) is 1.65. The summed E-state index contributed by atoms with van der Waals surface area (Å²) in [6.07, 6.45) is 3.51. The smallest absolute Gasteiger partial charge is 0.241 e. The van der Waals surface area contributed by atoms with E-state index in [-0.39, 0.29) is 11.9 Å². The van der Waals surface area contributed by atoms with Crippen LogP contribution in [0.3, 0.4) is 0 Å². The average Bonchev–Trinajstić information content (AvgIpc) is 2.26. The molecule has 1 fully saturated rings. The Bertz CT molecular complexity index is 179. The van der Waals surface area contributed by atoms with Crippen molar-refractivity contribution in [2.45, 2.75) is 39.2 Å². The molecule has 1 rings (SSSR count). The van der Waals surface area contributed by atoms with Crippen LogP contribution in [0.25, 0.3) is 0 Å². The molecule has 0 spiro atoms. The van der Waals surface area contributed by atoms with Crippen molar-refractivity contribution in [2.75, 3.05) is 19.7 Å². The van der Waals surface area contributed by atoms with E-state index in [0.29, 0.717) is 6.61 Å². The van der Waals surface area contributed by atoms with Crippen molar-refractivity contribution >= 4 is 5.91 Å². The number of rotatable bonds is 4. The fraction of sp³-hybridized carbons (Fsp3) is 0.900. The maximum absolute atomic E-state index is 11.8. The van der Waals surface area contributed by atoms with E-state index in [1.54, 1.807) is 0 Å². The predicted molar refractivity (Wildman–Crippen MR) is 54.7 cm³/mol. The van der Waals surface area contributed by atoms with E-state index < -0.39 is 0 Å². The van der Waals surface area contributed by atoms with E-state index in [1.165, 1.54) is 6.42 Å². The van der Waals surface area contributed by atoms with E-state index >= 15 is 0 Å². The highest BCUT2D eigenvalue weighted by Gasteiger charge is 2.21. The molecule has 1 amide bonds. The van der Waals surface area contributed by atoms with Crippen LogP contribution in [0.2, 0.25) is 0 Å². The molecular formula is C10H20N2O2. The summed E-state index contributed by atoms with van der Waals surface area (Å²) < 4.78 is 0. The topological polar surface area (TPSA) is 41.6 Å². The molecule has 14 heavy (non-hydrogen) atoms. The molecule has 4 nitrogen and oxygen atoms in total. The lowest BCUT2D eigenvalue weighted by Crippen LogP contribution is -2.46. The molecule has 1 aliphatic heterocycles. The minimum atomic E-state index is -0.229. The first-order valence-corrected chi connectivity index (χ1v) is 5.41. The van der Waals surface area contributed by atoms with Crippen LogP contribution in [0.5, 0.6) is 0 Å². The molecule has 0 bridgehead atoms. The van der Waals surface area contributed by atoms with Gasteiger partial charge >= 0.3 is 0 Å². The number of hydroxylamine groups is 1. The van der Waals surface area contributed by atoms with Crippen LogP contribution >= 0.6 is 0 Å². The van der Waals surface area contributed by atoms with E-state index in [0.717, 1.165) is 25.9 Å². The number of amides is 1. The summed E-state index contributed by atoms with van der Waals surface area (Å²) in [4.78, 5) is 18.7. The number of nitrogens with one attached hydrogen (secondary N) is 1. The lowest BCUT2D eigenvalue weighted by molar-refractivity contribution is -0.138. The van der Waals surface area contributed by atoms with Crippen molar-refractivity contribution in [3.63, 3.8) is 0 Å². The summed E-state index contributed by atoms with van der Waals surface area (Å²) in [6.45, 7) is 6.11. The van der Waals surface area contributed by atoms with Crippen molar-refractivity contribution in [3.05, 3.63) is 0 Å². The highest BCUT2D eigenvalue weighted by molar-refractivity contribution is 5.81. The van der Waals surface area contributed by atoms with Gasteiger partial charge in [0.15, 0.2) is 0 Å². The lowest BCUT2D eigenvalue weighted by atomic mass is 10.1. The van der Waals surface area contributed by atoms with Crippen LogP contribution in [0.4, 0.5) is 0 Å². The number of hydrogen-bond donors (Lipinski definition) is 1. The third-order valence-electron chi connectivity index (χ3n) is 2.44. The Morgan fingerprint density at radius 2 is 2.07 bits per heavy atom. The third-order valence-corrected chi connectivity index (χ3v) is 2.44. The zero-order valence-corrected chi connectivity index (χ0v) is 9.08. The number of hydrogen-bond acceptors (Lipinski definition) is 3. The van der Waals surface area contributed by atoms with E-state index in [2.05, 4.69) is 5.48 Å². The molecule has 0 aromatic carbocycles. The second-order valence-corrected chi connectivity index (χ2v) is 3.66. The summed E-state index contributed by atoms with van der Waals surface area (Å²) in [5.41, 5.74) is 2.74. The number of carbonyl (C=O) groups is 1. The summed E-state index contributed by atoms with van der Waals surface area (Å²) >= 11 is 0. The van der Waals surface area contributed by atoms with Gasteiger partial charge in [0.2, 0.25) is 5.91 Å². The Hall–Kier alpha value is -0.610. The van der Waals surface area contributed by atoms with Crippen molar-refractivity contribution in [1.29, 1.82) is 0 Å². The number of carbonyl (C=O) groups excluding carboxylic acids is 1. The SMILES string of the molecule is CCONC(C)C(=O)N1CCCCC1. The van der Waals surface area contributed by atoms with E-state index in [9.17, 15) is 4.79 Å². The average molecular weight is 200 g/mol. The maximum Gasteiger partial charge on any atom is 0.241 e. The monoisotopic (exact) mass is 200 g/mol. The van der Waals surface area contributed by atoms with Gasteiger partial charge in [-0.2, -0.15) is 5.48 Å². The van der Waals surface area contributed by atoms with Crippen molar-refractivity contribution in [1.82, 2.24) is 10.4 Å². The second kappa shape index (κ2) is 5.98. The van der Waals surface area contributed by atoms with Crippen LogP contribution in [0.1, 0.15) is 33.1 Å². The molecule has 0 saturated carbocycles. The lowest BCUT2D eigenvalue weighted by Gasteiger charge is -2.29. The minimum Gasteiger partial charge on any atom is -0.341 e. The van der Waals surface area contributed by atoms with Gasteiger partial charge in [-0.25, -0.2) is 0 Å². The molecule has 1 heterocycles. The second-order valence-electron chi connectivity index (χ2n) is 3.66. The highest BCUT2D eigenvalue weighted by Crippen LogP contribution is 2.09. The van der Waals surface area contributed by atoms with Gasteiger partial charge in [-0.15, -0.1) is 0 Å². The normalized spacial score (nSPS) is 19.4. The molecular weight excluding hydrogens is 180 g/mol. The van der Waals surface area contributed by atoms with Gasteiger partial charge in [0.25, 0.3) is 0 Å². The Labute approximate surface area is 85.6 Å². The molecule has 0 aromatic rings. The van der Waals surface area contributed by atoms with Crippen LogP contribution in [-0.4, -0.2) is 36.5 Å². The van der Waals surface area contributed by atoms with Gasteiger partial charge in [-0.1, -0.05) is 0 Å². The molecule has 1 unspecified atom stereocenters. The minimum absolute atomic E-state index is 0.151. The molecule has 0 aromatic heterocycles. The Kier molecular flexibility index (Phi) is 4.90. The zero-order valence-electron chi connectivity index (χ0n) is 9.08. The largest absolute Gasteiger partial charge is 0.341 e. The van der Waals surface area contributed by atoms with Crippen LogP contribution < -0.4 is 5.48 Å². The molecule has 1 aliphatic rings. The summed E-state index contributed by atoms with van der Waals surface area (Å²) in [5.74, 6) is 0.151. The molecule has 4 heteroatoms. The number of piperidine rings is 1. The van der Waals surface area contributed by atoms with Gasteiger partial charge in [0, 0.05) is 13.1 Å². The van der Waals surface area contributed by atoms with Crippen LogP contribution in [-0.2, 0) is 9.63 Å². The quantitative estimate of drug-likeness (QED) is 0.686. The standard InChI is InChI=1S/C10H20N2O2/c1-3-14-11-9(2)10(13)12-7-5-4-6-8-12/h9,11H,3-8H2,1-2H3. The van der Waals surface area contributed by atoms with E-state index in [4.69, 9.17) is 4.84 Å². The summed E-state index contributed by atoms with van der Waals surface area (Å²) in [6, 6.07) is -0.229. The molecule has 0 radical (unpaired) electrons. The predicted octanol–water partition coefficient (Wildman–Crippen LogP) is 0.928. The Morgan fingerprint density at radius 1 is 1.43 bits per heavy atom. The first-order valence-electron chi connectivity index (χ1n) is 5.41. The number of likely N-dealkylation sites (tertiary alicyclic amines) is 1. The van der Waals surface area contributed by atoms with Crippen LogP contribution in [0.15, 0.2) is 0 Å². The molecule has 82 valence electrons. The first kappa shape index (κ1) is 11.5. The highest BCUT2D eigenvalue weighted by atomic mass is 16.6. The summed E-state index contributed by atoms with van der Waals surface area (Å²) in [7, 11) is 0. The van der Waals surface area contributed by atoms with Crippen molar-refractivity contribution in [2.24, 2.45) is 0 Å². The first-order chi connectivity index (χ1) is 6.75. The Balaban J connectivity index is 2.30. The molecule has 0 aliphatic carbocycles. The van der Waals surface area contributed by atoms with Gasteiger partial charge in [-0.3, -0.25) is 4.79 Å². The zero-order chi connectivity index (χ0) is 10.4.